The summed E-state index contributed by atoms with van der Waals surface area (Å²) in [6, 6.07) is 18.0. The van der Waals surface area contributed by atoms with E-state index in [0.29, 0.717) is 18.0 Å². The summed E-state index contributed by atoms with van der Waals surface area (Å²) in [6.07, 6.45) is 9.85. The van der Waals surface area contributed by atoms with Crippen molar-refractivity contribution in [2.75, 3.05) is 4.90 Å². The lowest BCUT2D eigenvalue weighted by Crippen LogP contribution is -2.44. The largest absolute Gasteiger partial charge is 0.467 e. The molecular weight excluding hydrogens is 440 g/mol. The Morgan fingerprint density at radius 3 is 2.60 bits per heavy atom. The Kier molecular flexibility index (Phi) is 6.66. The Hall–Kier alpha value is -4.26. The average Bonchev–Trinajstić information content (AvgIpc) is 3.45. The molecule has 0 saturated carbocycles. The van der Waals surface area contributed by atoms with Crippen LogP contribution in [0.2, 0.25) is 0 Å². The summed E-state index contributed by atoms with van der Waals surface area (Å²) in [4.78, 5) is 37.5. The maximum atomic E-state index is 13.9. The lowest BCUT2D eigenvalue weighted by atomic mass is 9.89. The first kappa shape index (κ1) is 22.5. The van der Waals surface area contributed by atoms with Gasteiger partial charge in [-0.2, -0.15) is 0 Å². The Morgan fingerprint density at radius 2 is 1.83 bits per heavy atom. The summed E-state index contributed by atoms with van der Waals surface area (Å²) in [5, 5.41) is 3.00. The van der Waals surface area contributed by atoms with Crippen LogP contribution in [0.25, 0.3) is 0 Å². The molecule has 0 bridgehead atoms. The molecular formula is C28H26N4O3. The standard InChI is InChI=1S/C28H26N4O3/c33-27(31-18-20-8-2-1-3-9-20)26(25-14-7-17-35-25)32(28(34)23-19-29-15-16-30-23)24-13-6-11-21-10-4-5-12-22(21)24/h1-3,6-9,11,13-17,19,26H,4-5,10,12,18H2,(H,31,33). The molecule has 35 heavy (non-hydrogen) atoms. The smallest absolute Gasteiger partial charge is 0.279 e. The van der Waals surface area contributed by atoms with Gasteiger partial charge >= 0.3 is 0 Å². The number of aryl methyl sites for hydroxylation is 1. The maximum absolute atomic E-state index is 13.9. The van der Waals surface area contributed by atoms with Crippen molar-refractivity contribution in [2.45, 2.75) is 38.3 Å². The van der Waals surface area contributed by atoms with Crippen molar-refractivity contribution in [1.82, 2.24) is 15.3 Å². The first-order chi connectivity index (χ1) is 17.2. The zero-order chi connectivity index (χ0) is 24.0. The fourth-order valence-electron chi connectivity index (χ4n) is 4.59. The van der Waals surface area contributed by atoms with Gasteiger partial charge in [-0.3, -0.25) is 19.5 Å². The van der Waals surface area contributed by atoms with Gasteiger partial charge in [0.05, 0.1) is 12.5 Å². The van der Waals surface area contributed by atoms with E-state index in [0.717, 1.165) is 36.8 Å². The first-order valence-corrected chi connectivity index (χ1v) is 11.8. The van der Waals surface area contributed by atoms with Gasteiger partial charge in [0.25, 0.3) is 11.8 Å². The number of rotatable bonds is 7. The number of hydrogen-bond donors (Lipinski definition) is 1. The number of benzene rings is 2. The Bertz CT molecular complexity index is 1290. The highest BCUT2D eigenvalue weighted by Gasteiger charge is 2.37. The van der Waals surface area contributed by atoms with Crippen molar-refractivity contribution in [1.29, 1.82) is 0 Å². The minimum Gasteiger partial charge on any atom is -0.467 e. The number of carbonyl (C=O) groups excluding carboxylic acids is 2. The normalized spacial score (nSPS) is 13.5. The minimum absolute atomic E-state index is 0.160. The van der Waals surface area contributed by atoms with Crippen LogP contribution >= 0.6 is 0 Å². The van der Waals surface area contributed by atoms with Crippen molar-refractivity contribution in [2.24, 2.45) is 0 Å². The van der Waals surface area contributed by atoms with Crippen molar-refractivity contribution in [3.8, 4) is 0 Å². The van der Waals surface area contributed by atoms with E-state index in [1.54, 1.807) is 12.1 Å². The molecule has 0 radical (unpaired) electrons. The molecule has 7 heteroatoms. The van der Waals surface area contributed by atoms with Crippen LogP contribution in [0.5, 0.6) is 0 Å². The van der Waals surface area contributed by atoms with E-state index in [4.69, 9.17) is 4.42 Å². The maximum Gasteiger partial charge on any atom is 0.279 e. The lowest BCUT2D eigenvalue weighted by molar-refractivity contribution is -0.123. The molecule has 1 aliphatic rings. The van der Waals surface area contributed by atoms with Crippen LogP contribution in [0.15, 0.2) is 89.9 Å². The molecule has 2 heterocycles. The zero-order valence-corrected chi connectivity index (χ0v) is 19.3. The zero-order valence-electron chi connectivity index (χ0n) is 19.3. The number of anilines is 1. The molecule has 1 aliphatic carbocycles. The number of hydrogen-bond acceptors (Lipinski definition) is 5. The van der Waals surface area contributed by atoms with Crippen LogP contribution < -0.4 is 10.2 Å². The average molecular weight is 467 g/mol. The fourth-order valence-corrected chi connectivity index (χ4v) is 4.59. The van der Waals surface area contributed by atoms with Crippen molar-refractivity contribution in [3.05, 3.63) is 114 Å². The van der Waals surface area contributed by atoms with Crippen LogP contribution in [0.1, 0.15) is 51.8 Å². The predicted molar refractivity (Wildman–Crippen MR) is 132 cm³/mol. The Morgan fingerprint density at radius 1 is 0.971 bits per heavy atom. The highest BCUT2D eigenvalue weighted by molar-refractivity contribution is 6.09. The number of amides is 2. The third kappa shape index (κ3) is 4.84. The topological polar surface area (TPSA) is 88.3 Å². The predicted octanol–water partition coefficient (Wildman–Crippen LogP) is 4.65. The van der Waals surface area contributed by atoms with Gasteiger partial charge in [-0.15, -0.1) is 0 Å². The molecule has 2 aromatic heterocycles. The number of furan rings is 1. The molecule has 0 fully saturated rings. The van der Waals surface area contributed by atoms with Gasteiger partial charge in [0, 0.05) is 24.6 Å². The van der Waals surface area contributed by atoms with E-state index in [9.17, 15) is 9.59 Å². The second-order valence-corrected chi connectivity index (χ2v) is 8.51. The minimum atomic E-state index is -1.02. The van der Waals surface area contributed by atoms with Crippen LogP contribution in [0.4, 0.5) is 5.69 Å². The number of aromatic nitrogens is 2. The van der Waals surface area contributed by atoms with Crippen LogP contribution in [-0.2, 0) is 24.2 Å². The lowest BCUT2D eigenvalue weighted by Gasteiger charge is -2.33. The Balaban J connectivity index is 1.59. The van der Waals surface area contributed by atoms with Gasteiger partial charge < -0.3 is 9.73 Å². The molecule has 2 aromatic carbocycles. The highest BCUT2D eigenvalue weighted by atomic mass is 16.3. The molecule has 7 nitrogen and oxygen atoms in total. The van der Waals surface area contributed by atoms with E-state index in [1.807, 2.05) is 42.5 Å². The SMILES string of the molecule is O=C(NCc1ccccc1)C(c1ccco1)N(C(=O)c1cnccn1)c1cccc2c1CCCC2. The molecule has 0 spiro atoms. The van der Waals surface area contributed by atoms with Crippen LogP contribution in [-0.4, -0.2) is 21.8 Å². The number of nitrogens with zero attached hydrogens (tertiary/aromatic N) is 3. The van der Waals surface area contributed by atoms with E-state index in [-0.39, 0.29) is 11.6 Å². The van der Waals surface area contributed by atoms with E-state index in [1.165, 1.54) is 35.3 Å². The van der Waals surface area contributed by atoms with E-state index in [2.05, 4.69) is 21.4 Å². The fraction of sp³-hybridized carbons (Fsp3) is 0.214. The first-order valence-electron chi connectivity index (χ1n) is 11.8. The van der Waals surface area contributed by atoms with Crippen molar-refractivity contribution in [3.63, 3.8) is 0 Å². The monoisotopic (exact) mass is 466 g/mol. The third-order valence-electron chi connectivity index (χ3n) is 6.26. The van der Waals surface area contributed by atoms with Gasteiger partial charge in [0.2, 0.25) is 0 Å². The van der Waals surface area contributed by atoms with E-state index >= 15 is 0 Å². The van der Waals surface area contributed by atoms with Gasteiger partial charge in [0.1, 0.15) is 11.5 Å². The van der Waals surface area contributed by atoms with Crippen molar-refractivity contribution >= 4 is 17.5 Å². The summed E-state index contributed by atoms with van der Waals surface area (Å²) >= 11 is 0. The third-order valence-corrected chi connectivity index (χ3v) is 6.26. The molecule has 0 aliphatic heterocycles. The number of fused-ring (bicyclic) bond motifs is 1. The molecule has 1 N–H and O–H groups in total. The van der Waals surface area contributed by atoms with E-state index < -0.39 is 11.9 Å². The molecule has 1 unspecified atom stereocenters. The summed E-state index contributed by atoms with van der Waals surface area (Å²) in [6.45, 7) is 0.330. The van der Waals surface area contributed by atoms with Gasteiger partial charge in [-0.05, 0) is 60.6 Å². The Labute approximate surface area is 203 Å². The van der Waals surface area contributed by atoms with Crippen molar-refractivity contribution < 1.29 is 14.0 Å². The van der Waals surface area contributed by atoms with Crippen LogP contribution in [0, 0.1) is 0 Å². The second-order valence-electron chi connectivity index (χ2n) is 8.51. The second kappa shape index (κ2) is 10.3. The van der Waals surface area contributed by atoms with Gasteiger partial charge in [-0.1, -0.05) is 42.5 Å². The van der Waals surface area contributed by atoms with Crippen LogP contribution in [0.3, 0.4) is 0 Å². The number of nitrogens with one attached hydrogen (secondary N) is 1. The molecule has 5 rings (SSSR count). The summed E-state index contributed by atoms with van der Waals surface area (Å²) < 4.78 is 5.71. The van der Waals surface area contributed by atoms with Gasteiger partial charge in [0.15, 0.2) is 6.04 Å². The number of carbonyl (C=O) groups is 2. The quantitative estimate of drug-likeness (QED) is 0.428. The summed E-state index contributed by atoms with van der Waals surface area (Å²) in [5.41, 5.74) is 4.11. The van der Waals surface area contributed by atoms with Gasteiger partial charge in [-0.25, -0.2) is 4.98 Å². The molecule has 1 atom stereocenters. The highest BCUT2D eigenvalue weighted by Crippen LogP contribution is 2.36. The molecule has 176 valence electrons. The summed E-state index contributed by atoms with van der Waals surface area (Å²) in [7, 11) is 0. The molecule has 4 aromatic rings. The molecule has 0 saturated heterocycles. The molecule has 2 amide bonds. The summed E-state index contributed by atoms with van der Waals surface area (Å²) in [5.74, 6) is -0.371.